The SMILES string of the molecule is O=C(NO)c1ccc2nc(-c3ccc(-c4ccccc4)c(F)c3)[nH]c2c1. The molecule has 0 aliphatic carbocycles. The van der Waals surface area contributed by atoms with Crippen molar-refractivity contribution in [1.82, 2.24) is 15.4 Å². The zero-order chi connectivity index (χ0) is 18.1. The van der Waals surface area contributed by atoms with Gasteiger partial charge in [-0.2, -0.15) is 0 Å². The maximum absolute atomic E-state index is 14.6. The highest BCUT2D eigenvalue weighted by atomic mass is 19.1. The lowest BCUT2D eigenvalue weighted by Crippen LogP contribution is -2.18. The van der Waals surface area contributed by atoms with Gasteiger partial charge in [0.2, 0.25) is 0 Å². The molecule has 0 saturated carbocycles. The number of halogens is 1. The number of benzene rings is 3. The van der Waals surface area contributed by atoms with E-state index in [1.807, 2.05) is 30.3 Å². The predicted octanol–water partition coefficient (Wildman–Crippen LogP) is 4.16. The van der Waals surface area contributed by atoms with E-state index in [-0.39, 0.29) is 5.82 Å². The molecule has 0 aliphatic heterocycles. The number of aromatic amines is 1. The number of rotatable bonds is 3. The molecule has 0 saturated heterocycles. The number of H-pyrrole nitrogens is 1. The molecule has 0 radical (unpaired) electrons. The molecule has 0 fully saturated rings. The summed E-state index contributed by atoms with van der Waals surface area (Å²) in [5.74, 6) is -0.448. The molecular formula is C20H14FN3O2. The average molecular weight is 347 g/mol. The summed E-state index contributed by atoms with van der Waals surface area (Å²) < 4.78 is 14.6. The molecule has 0 unspecified atom stereocenters. The van der Waals surface area contributed by atoms with Crippen LogP contribution in [0.25, 0.3) is 33.5 Å². The molecule has 0 atom stereocenters. The minimum absolute atomic E-state index is 0.292. The molecule has 6 heteroatoms. The molecular weight excluding hydrogens is 333 g/mol. The second-order valence-corrected chi connectivity index (χ2v) is 5.82. The van der Waals surface area contributed by atoms with Crippen LogP contribution in [0, 0.1) is 5.82 Å². The van der Waals surface area contributed by atoms with Crippen molar-refractivity contribution in [3.8, 4) is 22.5 Å². The standard InChI is InChI=1S/C20H14FN3O2/c21-16-10-13(6-8-15(16)12-4-2-1-3-5-12)19-22-17-9-7-14(20(25)24-26)11-18(17)23-19/h1-11,26H,(H,22,23)(H,24,25). The zero-order valence-corrected chi connectivity index (χ0v) is 13.5. The number of nitrogens with one attached hydrogen (secondary N) is 2. The van der Waals surface area contributed by atoms with Crippen molar-refractivity contribution >= 4 is 16.9 Å². The molecule has 3 aromatic carbocycles. The number of carbonyl (C=O) groups is 1. The van der Waals surface area contributed by atoms with Gasteiger partial charge < -0.3 is 4.98 Å². The van der Waals surface area contributed by atoms with E-state index >= 15 is 0 Å². The molecule has 4 rings (SSSR count). The van der Waals surface area contributed by atoms with Gasteiger partial charge in [0.25, 0.3) is 5.91 Å². The molecule has 128 valence electrons. The molecule has 4 aromatic rings. The second-order valence-electron chi connectivity index (χ2n) is 5.82. The first-order chi connectivity index (χ1) is 12.7. The van der Waals surface area contributed by atoms with Crippen molar-refractivity contribution in [3.05, 3.63) is 78.1 Å². The van der Waals surface area contributed by atoms with Gasteiger partial charge in [0.15, 0.2) is 0 Å². The molecule has 1 amide bonds. The Morgan fingerprint density at radius 3 is 2.54 bits per heavy atom. The van der Waals surface area contributed by atoms with Crippen LogP contribution < -0.4 is 5.48 Å². The minimum atomic E-state index is -0.610. The van der Waals surface area contributed by atoms with E-state index in [2.05, 4.69) is 9.97 Å². The summed E-state index contributed by atoms with van der Waals surface area (Å²) in [6.45, 7) is 0. The number of carbonyl (C=O) groups excluding carboxylic acids is 1. The monoisotopic (exact) mass is 347 g/mol. The topological polar surface area (TPSA) is 78.0 Å². The van der Waals surface area contributed by atoms with Crippen molar-refractivity contribution < 1.29 is 14.4 Å². The molecule has 3 N–H and O–H groups in total. The highest BCUT2D eigenvalue weighted by Gasteiger charge is 2.12. The fraction of sp³-hybridized carbons (Fsp3) is 0. The van der Waals surface area contributed by atoms with Crippen molar-refractivity contribution in [2.24, 2.45) is 0 Å². The largest absolute Gasteiger partial charge is 0.338 e. The van der Waals surface area contributed by atoms with Crippen LogP contribution in [0.15, 0.2) is 66.7 Å². The van der Waals surface area contributed by atoms with Gasteiger partial charge in [-0.15, -0.1) is 0 Å². The van der Waals surface area contributed by atoms with Gasteiger partial charge in [0.1, 0.15) is 11.6 Å². The van der Waals surface area contributed by atoms with Crippen LogP contribution in [-0.4, -0.2) is 21.1 Å². The van der Waals surface area contributed by atoms with Crippen LogP contribution in [0.4, 0.5) is 4.39 Å². The molecule has 1 aromatic heterocycles. The lowest BCUT2D eigenvalue weighted by Gasteiger charge is -2.05. The second kappa shape index (κ2) is 6.42. The van der Waals surface area contributed by atoms with E-state index in [0.29, 0.717) is 33.5 Å². The number of nitrogens with zero attached hydrogens (tertiary/aromatic N) is 1. The van der Waals surface area contributed by atoms with Crippen molar-refractivity contribution in [2.75, 3.05) is 0 Å². The predicted molar refractivity (Wildman–Crippen MR) is 96.2 cm³/mol. The Labute approximate surface area is 148 Å². The average Bonchev–Trinajstić information content (AvgIpc) is 3.11. The molecule has 0 bridgehead atoms. The van der Waals surface area contributed by atoms with E-state index in [9.17, 15) is 9.18 Å². The van der Waals surface area contributed by atoms with Gasteiger partial charge in [0.05, 0.1) is 11.0 Å². The van der Waals surface area contributed by atoms with Crippen LogP contribution in [0.2, 0.25) is 0 Å². The Morgan fingerprint density at radius 1 is 1.00 bits per heavy atom. The quantitative estimate of drug-likeness (QED) is 0.385. The number of hydrogen-bond acceptors (Lipinski definition) is 3. The first-order valence-corrected chi connectivity index (χ1v) is 7.95. The first kappa shape index (κ1) is 16.0. The number of amides is 1. The Bertz CT molecular complexity index is 1110. The normalized spacial score (nSPS) is 10.8. The van der Waals surface area contributed by atoms with Crippen molar-refractivity contribution in [3.63, 3.8) is 0 Å². The van der Waals surface area contributed by atoms with Gasteiger partial charge in [-0.05, 0) is 29.8 Å². The molecule has 1 heterocycles. The van der Waals surface area contributed by atoms with E-state index in [1.54, 1.807) is 35.8 Å². The highest BCUT2D eigenvalue weighted by molar-refractivity contribution is 5.97. The van der Waals surface area contributed by atoms with E-state index < -0.39 is 5.91 Å². The summed E-state index contributed by atoms with van der Waals surface area (Å²) in [6.07, 6.45) is 0. The third-order valence-corrected chi connectivity index (χ3v) is 4.17. The Morgan fingerprint density at radius 2 is 1.81 bits per heavy atom. The summed E-state index contributed by atoms with van der Waals surface area (Å²) in [7, 11) is 0. The summed E-state index contributed by atoms with van der Waals surface area (Å²) in [6, 6.07) is 19.1. The first-order valence-electron chi connectivity index (χ1n) is 7.95. The number of hydrogen-bond donors (Lipinski definition) is 3. The number of hydroxylamine groups is 1. The van der Waals surface area contributed by atoms with Gasteiger partial charge in [-0.3, -0.25) is 10.0 Å². The maximum atomic E-state index is 14.6. The fourth-order valence-corrected chi connectivity index (χ4v) is 2.87. The van der Waals surface area contributed by atoms with Gasteiger partial charge in [0, 0.05) is 16.7 Å². The van der Waals surface area contributed by atoms with E-state index in [4.69, 9.17) is 5.21 Å². The Balaban J connectivity index is 1.73. The Hall–Kier alpha value is -3.51. The molecule has 5 nitrogen and oxygen atoms in total. The minimum Gasteiger partial charge on any atom is -0.338 e. The lowest BCUT2D eigenvalue weighted by atomic mass is 10.0. The van der Waals surface area contributed by atoms with Crippen LogP contribution in [0.3, 0.4) is 0 Å². The van der Waals surface area contributed by atoms with Crippen LogP contribution in [-0.2, 0) is 0 Å². The number of aromatic nitrogens is 2. The van der Waals surface area contributed by atoms with E-state index in [0.717, 1.165) is 5.56 Å². The third kappa shape index (κ3) is 2.82. The molecule has 26 heavy (non-hydrogen) atoms. The lowest BCUT2D eigenvalue weighted by molar-refractivity contribution is 0.0706. The Kier molecular flexibility index (Phi) is 3.95. The number of imidazole rings is 1. The molecule has 0 spiro atoms. The third-order valence-electron chi connectivity index (χ3n) is 4.17. The summed E-state index contributed by atoms with van der Waals surface area (Å²) in [5.41, 5.74) is 5.07. The molecule has 0 aliphatic rings. The van der Waals surface area contributed by atoms with Crippen LogP contribution in [0.1, 0.15) is 10.4 Å². The fourth-order valence-electron chi connectivity index (χ4n) is 2.87. The van der Waals surface area contributed by atoms with Crippen LogP contribution in [0.5, 0.6) is 0 Å². The van der Waals surface area contributed by atoms with Crippen LogP contribution >= 0.6 is 0 Å². The smallest absolute Gasteiger partial charge is 0.274 e. The van der Waals surface area contributed by atoms with Gasteiger partial charge in [-0.1, -0.05) is 42.5 Å². The van der Waals surface area contributed by atoms with Crippen molar-refractivity contribution in [1.29, 1.82) is 0 Å². The number of fused-ring (bicyclic) bond motifs is 1. The summed E-state index contributed by atoms with van der Waals surface area (Å²) in [4.78, 5) is 19.0. The summed E-state index contributed by atoms with van der Waals surface area (Å²) >= 11 is 0. The van der Waals surface area contributed by atoms with Crippen molar-refractivity contribution in [2.45, 2.75) is 0 Å². The highest BCUT2D eigenvalue weighted by Crippen LogP contribution is 2.28. The maximum Gasteiger partial charge on any atom is 0.274 e. The summed E-state index contributed by atoms with van der Waals surface area (Å²) in [5, 5.41) is 8.73. The van der Waals surface area contributed by atoms with Gasteiger partial charge in [-0.25, -0.2) is 14.9 Å². The van der Waals surface area contributed by atoms with E-state index in [1.165, 1.54) is 6.07 Å². The zero-order valence-electron chi connectivity index (χ0n) is 13.5. The van der Waals surface area contributed by atoms with Gasteiger partial charge >= 0.3 is 0 Å².